The molecule has 11 heteroatoms. The summed E-state index contributed by atoms with van der Waals surface area (Å²) in [5, 5.41) is 9.46. The highest BCUT2D eigenvalue weighted by Crippen LogP contribution is 2.37. The molecular formula is C16H10Cl2N3O4S2-. The summed E-state index contributed by atoms with van der Waals surface area (Å²) in [6, 6.07) is 11.6. The molecule has 0 aliphatic carbocycles. The number of aromatic carboxylic acids is 1. The van der Waals surface area contributed by atoms with Crippen molar-refractivity contribution < 1.29 is 18.7 Å². The second-order valence-electron chi connectivity index (χ2n) is 5.30. The number of nitrogens with zero attached hydrogens (tertiary/aromatic N) is 3. The summed E-state index contributed by atoms with van der Waals surface area (Å²) in [6.07, 6.45) is 0.324. The van der Waals surface area contributed by atoms with Crippen molar-refractivity contribution in [2.24, 2.45) is 0 Å². The topological polar surface area (TPSA) is 106 Å². The number of aromatic nitrogens is 2. The van der Waals surface area contributed by atoms with Crippen LogP contribution in [0.15, 0.2) is 42.5 Å². The van der Waals surface area contributed by atoms with Crippen molar-refractivity contribution in [2.75, 3.05) is 4.31 Å². The molecule has 3 aromatic rings. The van der Waals surface area contributed by atoms with Crippen molar-refractivity contribution in [3.8, 4) is 0 Å². The summed E-state index contributed by atoms with van der Waals surface area (Å²) in [5.74, 6) is -1.34. The molecule has 0 bridgehead atoms. The van der Waals surface area contributed by atoms with Gasteiger partial charge in [-0.05, 0) is 17.7 Å². The lowest BCUT2D eigenvalue weighted by Crippen LogP contribution is -2.23. The Morgan fingerprint density at radius 1 is 1.19 bits per heavy atom. The largest absolute Gasteiger partial charge is 0.755 e. The van der Waals surface area contributed by atoms with Crippen molar-refractivity contribution >= 4 is 63.7 Å². The third-order valence-electron chi connectivity index (χ3n) is 3.58. The van der Waals surface area contributed by atoms with Gasteiger partial charge in [-0.2, -0.15) is 8.75 Å². The number of hydrogen-bond donors (Lipinski definition) is 1. The molecule has 1 heterocycles. The number of carboxylic acids is 1. The van der Waals surface area contributed by atoms with E-state index < -0.39 is 17.2 Å². The van der Waals surface area contributed by atoms with Gasteiger partial charge in [0.2, 0.25) is 0 Å². The third kappa shape index (κ3) is 4.28. The highest BCUT2D eigenvalue weighted by atomic mass is 35.5. The van der Waals surface area contributed by atoms with E-state index in [-0.39, 0.29) is 27.1 Å². The van der Waals surface area contributed by atoms with Crippen molar-refractivity contribution in [3.63, 3.8) is 0 Å². The van der Waals surface area contributed by atoms with E-state index in [0.717, 1.165) is 27.7 Å². The van der Waals surface area contributed by atoms with Crippen LogP contribution in [-0.4, -0.2) is 28.6 Å². The smallest absolute Gasteiger partial charge is 0.337 e. The number of carbonyl (C=O) groups is 1. The third-order valence-corrected chi connectivity index (χ3v) is 5.53. The standard InChI is InChI=1S/C16H11Cl2N3O4S2/c17-11-7-10(16(22)23)14(8-12(11)18)21(27(24)25)15-13(19-26-20-15)6-9-4-2-1-3-5-9/h1-5,7-8H,6H2,(H,22,23)(H,24,25)/p-1. The van der Waals surface area contributed by atoms with Crippen LogP contribution in [-0.2, 0) is 17.7 Å². The van der Waals surface area contributed by atoms with Crippen molar-refractivity contribution in [2.45, 2.75) is 6.42 Å². The molecule has 1 atom stereocenters. The Morgan fingerprint density at radius 3 is 2.48 bits per heavy atom. The van der Waals surface area contributed by atoms with Gasteiger partial charge < -0.3 is 9.66 Å². The molecule has 2 aromatic carbocycles. The normalized spacial score (nSPS) is 12.0. The maximum Gasteiger partial charge on any atom is 0.337 e. The minimum absolute atomic E-state index is 0.00430. The monoisotopic (exact) mass is 442 g/mol. The quantitative estimate of drug-likeness (QED) is 0.576. The molecule has 0 spiro atoms. The zero-order valence-corrected chi connectivity index (χ0v) is 16.5. The number of hydrogen-bond acceptors (Lipinski definition) is 6. The summed E-state index contributed by atoms with van der Waals surface area (Å²) in [6.45, 7) is 0. The van der Waals surface area contributed by atoms with Gasteiger partial charge in [0, 0.05) is 6.42 Å². The molecule has 0 radical (unpaired) electrons. The highest BCUT2D eigenvalue weighted by molar-refractivity contribution is 7.81. The van der Waals surface area contributed by atoms with Gasteiger partial charge in [0.25, 0.3) is 0 Å². The van der Waals surface area contributed by atoms with E-state index >= 15 is 0 Å². The van der Waals surface area contributed by atoms with E-state index in [1.807, 2.05) is 30.3 Å². The predicted molar refractivity (Wildman–Crippen MR) is 104 cm³/mol. The Bertz CT molecular complexity index is 1010. The molecule has 1 N–H and O–H groups in total. The van der Waals surface area contributed by atoms with E-state index in [1.165, 1.54) is 6.07 Å². The molecule has 1 aromatic heterocycles. The second-order valence-corrected chi connectivity index (χ2v) is 7.44. The van der Waals surface area contributed by atoms with E-state index in [4.69, 9.17) is 23.2 Å². The molecule has 0 saturated heterocycles. The summed E-state index contributed by atoms with van der Waals surface area (Å²) >= 11 is 9.82. The van der Waals surface area contributed by atoms with Gasteiger partial charge in [0.05, 0.1) is 44.3 Å². The Balaban J connectivity index is 2.12. The SMILES string of the molecule is O=C(O)c1cc(Cl)c(Cl)cc1N(c1nsnc1Cc1ccccc1)S(=O)[O-]. The lowest BCUT2D eigenvalue weighted by molar-refractivity contribution is 0.0698. The Kier molecular flexibility index (Phi) is 6.08. The molecule has 0 amide bonds. The fourth-order valence-corrected chi connectivity index (χ4v) is 3.92. The molecule has 140 valence electrons. The highest BCUT2D eigenvalue weighted by Gasteiger charge is 2.25. The van der Waals surface area contributed by atoms with Gasteiger partial charge in [-0.3, -0.25) is 8.51 Å². The molecule has 0 aliphatic heterocycles. The van der Waals surface area contributed by atoms with Crippen LogP contribution in [0.1, 0.15) is 21.6 Å². The molecular weight excluding hydrogens is 433 g/mol. The number of benzene rings is 2. The number of rotatable bonds is 6. The van der Waals surface area contributed by atoms with Gasteiger partial charge in [0.15, 0.2) is 5.82 Å². The van der Waals surface area contributed by atoms with Gasteiger partial charge in [-0.25, -0.2) is 4.79 Å². The van der Waals surface area contributed by atoms with Crippen LogP contribution in [0.3, 0.4) is 0 Å². The lowest BCUT2D eigenvalue weighted by atomic mass is 10.1. The Hall–Kier alpha value is -2.04. The van der Waals surface area contributed by atoms with Gasteiger partial charge in [0.1, 0.15) is 5.69 Å². The van der Waals surface area contributed by atoms with Crippen LogP contribution in [0.2, 0.25) is 10.0 Å². The minimum atomic E-state index is -2.87. The molecule has 0 fully saturated rings. The van der Waals surface area contributed by atoms with E-state index in [2.05, 4.69) is 8.75 Å². The van der Waals surface area contributed by atoms with Crippen LogP contribution >= 0.6 is 34.9 Å². The van der Waals surface area contributed by atoms with Crippen LogP contribution in [0, 0.1) is 0 Å². The first-order valence-corrected chi connectivity index (χ1v) is 9.87. The van der Waals surface area contributed by atoms with Crippen molar-refractivity contribution in [1.29, 1.82) is 0 Å². The molecule has 3 rings (SSSR count). The van der Waals surface area contributed by atoms with Gasteiger partial charge >= 0.3 is 5.97 Å². The van der Waals surface area contributed by atoms with Crippen LogP contribution in [0.4, 0.5) is 11.5 Å². The fourth-order valence-electron chi connectivity index (χ4n) is 2.40. The Labute approximate surface area is 170 Å². The molecule has 0 saturated carbocycles. The summed E-state index contributed by atoms with van der Waals surface area (Å²) in [7, 11) is 0. The second kappa shape index (κ2) is 8.32. The number of carboxylic acid groups (broad SMARTS) is 1. The number of halogens is 2. The molecule has 7 nitrogen and oxygen atoms in total. The summed E-state index contributed by atoms with van der Waals surface area (Å²) < 4.78 is 32.9. The summed E-state index contributed by atoms with van der Waals surface area (Å²) in [4.78, 5) is 11.6. The van der Waals surface area contributed by atoms with E-state index in [0.29, 0.717) is 12.1 Å². The zero-order chi connectivity index (χ0) is 19.6. The van der Waals surface area contributed by atoms with Crippen molar-refractivity contribution in [3.05, 3.63) is 69.3 Å². The first-order valence-electron chi connectivity index (χ1n) is 7.35. The lowest BCUT2D eigenvalue weighted by Gasteiger charge is -2.26. The van der Waals surface area contributed by atoms with Crippen LogP contribution in [0.5, 0.6) is 0 Å². The maximum atomic E-state index is 12.0. The van der Waals surface area contributed by atoms with Gasteiger partial charge in [-0.15, -0.1) is 0 Å². The average molecular weight is 443 g/mol. The molecule has 0 aliphatic rings. The van der Waals surface area contributed by atoms with Crippen LogP contribution in [0.25, 0.3) is 0 Å². The zero-order valence-electron chi connectivity index (χ0n) is 13.3. The summed E-state index contributed by atoms with van der Waals surface area (Å²) in [5.41, 5.74) is 0.785. The first-order chi connectivity index (χ1) is 12.9. The predicted octanol–water partition coefficient (Wildman–Crippen LogP) is 4.07. The van der Waals surface area contributed by atoms with Crippen LogP contribution < -0.4 is 4.31 Å². The molecule has 27 heavy (non-hydrogen) atoms. The maximum absolute atomic E-state index is 12.0. The van der Waals surface area contributed by atoms with E-state index in [9.17, 15) is 18.7 Å². The minimum Gasteiger partial charge on any atom is -0.755 e. The fraction of sp³-hybridized carbons (Fsp3) is 0.0625. The molecule has 1 unspecified atom stereocenters. The van der Waals surface area contributed by atoms with E-state index in [1.54, 1.807) is 0 Å². The Morgan fingerprint density at radius 2 is 1.85 bits per heavy atom. The average Bonchev–Trinajstić information content (AvgIpc) is 3.06. The van der Waals surface area contributed by atoms with Crippen molar-refractivity contribution in [1.82, 2.24) is 8.75 Å². The number of anilines is 2. The van der Waals surface area contributed by atoms with Gasteiger partial charge in [-0.1, -0.05) is 53.5 Å². The first kappa shape index (κ1) is 19.7.